The third-order valence-corrected chi connectivity index (χ3v) is 2.14. The number of rotatable bonds is 7. The van der Waals surface area contributed by atoms with Crippen LogP contribution < -0.4 is 0 Å². The first-order chi connectivity index (χ1) is 5.56. The summed E-state index contributed by atoms with van der Waals surface area (Å²) < 4.78 is 33.8. The SMILES string of the molecule is [CH2]COCCCCCS(=O)(=O)O. The van der Waals surface area contributed by atoms with Gasteiger partial charge in [0.25, 0.3) is 10.1 Å². The lowest BCUT2D eigenvalue weighted by Crippen LogP contribution is -2.04. The molecule has 0 unspecified atom stereocenters. The monoisotopic (exact) mass is 195 g/mol. The lowest BCUT2D eigenvalue weighted by molar-refractivity contribution is 0.156. The van der Waals surface area contributed by atoms with Gasteiger partial charge in [-0.05, 0) is 19.8 Å². The van der Waals surface area contributed by atoms with Crippen LogP contribution in [0.3, 0.4) is 0 Å². The van der Waals surface area contributed by atoms with Gasteiger partial charge in [0.2, 0.25) is 0 Å². The molecule has 5 heteroatoms. The zero-order valence-corrected chi connectivity index (χ0v) is 7.85. The summed E-state index contributed by atoms with van der Waals surface area (Å²) in [7, 11) is -3.77. The maximum Gasteiger partial charge on any atom is 0.264 e. The standard InChI is InChI=1S/C7H15O4S/c1-2-11-6-4-3-5-7-12(8,9)10/h1-7H2,(H,8,9,10). The summed E-state index contributed by atoms with van der Waals surface area (Å²) in [6.07, 6.45) is 2.05. The normalized spacial score (nSPS) is 11.8. The fourth-order valence-corrected chi connectivity index (χ4v) is 1.34. The molecule has 12 heavy (non-hydrogen) atoms. The summed E-state index contributed by atoms with van der Waals surface area (Å²) in [5.41, 5.74) is 0. The van der Waals surface area contributed by atoms with E-state index in [1.165, 1.54) is 0 Å². The van der Waals surface area contributed by atoms with Gasteiger partial charge in [0.15, 0.2) is 0 Å². The maximum atomic E-state index is 10.2. The molecule has 0 amide bonds. The van der Waals surface area contributed by atoms with Gasteiger partial charge in [0, 0.05) is 13.2 Å². The minimum atomic E-state index is -3.77. The molecule has 0 bridgehead atoms. The zero-order chi connectivity index (χ0) is 9.45. The second-order valence-corrected chi connectivity index (χ2v) is 4.03. The van der Waals surface area contributed by atoms with E-state index in [-0.39, 0.29) is 5.75 Å². The summed E-state index contributed by atoms with van der Waals surface area (Å²) in [6, 6.07) is 0. The second-order valence-electron chi connectivity index (χ2n) is 2.46. The third-order valence-electron chi connectivity index (χ3n) is 1.34. The van der Waals surface area contributed by atoms with Crippen molar-refractivity contribution in [1.82, 2.24) is 0 Å². The molecule has 4 nitrogen and oxygen atoms in total. The van der Waals surface area contributed by atoms with Gasteiger partial charge in [-0.15, -0.1) is 0 Å². The Morgan fingerprint density at radius 3 is 2.42 bits per heavy atom. The first-order valence-electron chi connectivity index (χ1n) is 3.88. The molecule has 1 radical (unpaired) electrons. The van der Waals surface area contributed by atoms with Crippen molar-refractivity contribution >= 4 is 10.1 Å². The molecule has 0 aromatic heterocycles. The van der Waals surface area contributed by atoms with Crippen LogP contribution in [0.15, 0.2) is 0 Å². The van der Waals surface area contributed by atoms with Crippen LogP contribution >= 0.6 is 0 Å². The minimum Gasteiger partial charge on any atom is -0.381 e. The van der Waals surface area contributed by atoms with E-state index in [1.54, 1.807) is 0 Å². The Bertz CT molecular complexity index is 186. The molecule has 0 aliphatic heterocycles. The molecule has 0 aliphatic carbocycles. The summed E-state index contributed by atoms with van der Waals surface area (Å²) in [6.45, 7) is 4.53. The number of hydrogen-bond acceptors (Lipinski definition) is 3. The Hall–Kier alpha value is -0.130. The van der Waals surface area contributed by atoms with E-state index in [9.17, 15) is 8.42 Å². The number of hydrogen-bond donors (Lipinski definition) is 1. The fraction of sp³-hybridized carbons (Fsp3) is 0.857. The lowest BCUT2D eigenvalue weighted by atomic mass is 10.3. The predicted octanol–water partition coefficient (Wildman–Crippen LogP) is 0.895. The zero-order valence-electron chi connectivity index (χ0n) is 7.03. The van der Waals surface area contributed by atoms with Crippen molar-refractivity contribution in [2.75, 3.05) is 19.0 Å². The van der Waals surface area contributed by atoms with Gasteiger partial charge in [-0.3, -0.25) is 4.55 Å². The van der Waals surface area contributed by atoms with Crippen LogP contribution in [0.2, 0.25) is 0 Å². The molecule has 0 rings (SSSR count). The maximum absolute atomic E-state index is 10.2. The average Bonchev–Trinajstić information content (AvgIpc) is 1.94. The van der Waals surface area contributed by atoms with Crippen molar-refractivity contribution in [2.24, 2.45) is 0 Å². The van der Waals surface area contributed by atoms with Crippen LogP contribution in [0.5, 0.6) is 0 Å². The van der Waals surface area contributed by atoms with Crippen molar-refractivity contribution in [3.05, 3.63) is 6.92 Å². The van der Waals surface area contributed by atoms with E-state index < -0.39 is 10.1 Å². The van der Waals surface area contributed by atoms with Crippen molar-refractivity contribution < 1.29 is 17.7 Å². The van der Waals surface area contributed by atoms with Gasteiger partial charge < -0.3 is 4.74 Å². The van der Waals surface area contributed by atoms with Crippen LogP contribution in [0.4, 0.5) is 0 Å². The highest BCUT2D eigenvalue weighted by Crippen LogP contribution is 1.98. The van der Waals surface area contributed by atoms with Gasteiger partial charge in [0.05, 0.1) is 5.75 Å². The van der Waals surface area contributed by atoms with E-state index in [4.69, 9.17) is 9.29 Å². The van der Waals surface area contributed by atoms with E-state index in [1.807, 2.05) is 0 Å². The molecule has 0 aromatic rings. The molecule has 0 atom stereocenters. The highest BCUT2D eigenvalue weighted by molar-refractivity contribution is 7.85. The van der Waals surface area contributed by atoms with Gasteiger partial charge in [-0.25, -0.2) is 0 Å². The summed E-state index contributed by atoms with van der Waals surface area (Å²) >= 11 is 0. The molecule has 0 fully saturated rings. The Morgan fingerprint density at radius 2 is 1.92 bits per heavy atom. The van der Waals surface area contributed by atoms with Crippen molar-refractivity contribution in [1.29, 1.82) is 0 Å². The molecular formula is C7H15O4S. The molecule has 0 heterocycles. The first-order valence-corrected chi connectivity index (χ1v) is 5.49. The van der Waals surface area contributed by atoms with Gasteiger partial charge in [-0.2, -0.15) is 8.42 Å². The first kappa shape index (κ1) is 11.9. The molecule has 1 N–H and O–H groups in total. The summed E-state index contributed by atoms with van der Waals surface area (Å²) in [5.74, 6) is -0.155. The Kier molecular flexibility index (Phi) is 6.32. The quantitative estimate of drug-likeness (QED) is 0.484. The van der Waals surface area contributed by atoms with Crippen molar-refractivity contribution in [3.63, 3.8) is 0 Å². The summed E-state index contributed by atoms with van der Waals surface area (Å²) in [4.78, 5) is 0. The third kappa shape index (κ3) is 9.87. The lowest BCUT2D eigenvalue weighted by Gasteiger charge is -1.99. The molecular weight excluding hydrogens is 180 g/mol. The van der Waals surface area contributed by atoms with Crippen LogP contribution in [-0.2, 0) is 14.9 Å². The van der Waals surface area contributed by atoms with E-state index >= 15 is 0 Å². The molecule has 0 saturated heterocycles. The van der Waals surface area contributed by atoms with Gasteiger partial charge >= 0.3 is 0 Å². The molecule has 0 aromatic carbocycles. The van der Waals surface area contributed by atoms with Gasteiger partial charge in [0.1, 0.15) is 0 Å². The topological polar surface area (TPSA) is 63.6 Å². The van der Waals surface area contributed by atoms with E-state index in [2.05, 4.69) is 6.92 Å². The van der Waals surface area contributed by atoms with E-state index in [0.29, 0.717) is 19.6 Å². The van der Waals surface area contributed by atoms with Crippen LogP contribution in [0.1, 0.15) is 19.3 Å². The van der Waals surface area contributed by atoms with Crippen molar-refractivity contribution in [2.45, 2.75) is 19.3 Å². The van der Waals surface area contributed by atoms with Crippen LogP contribution in [0.25, 0.3) is 0 Å². The van der Waals surface area contributed by atoms with Crippen molar-refractivity contribution in [3.8, 4) is 0 Å². The van der Waals surface area contributed by atoms with Gasteiger partial charge in [-0.1, -0.05) is 6.42 Å². The highest BCUT2D eigenvalue weighted by atomic mass is 32.2. The van der Waals surface area contributed by atoms with Crippen LogP contribution in [-0.4, -0.2) is 31.9 Å². The Balaban J connectivity index is 3.12. The largest absolute Gasteiger partial charge is 0.381 e. The van der Waals surface area contributed by atoms with Crippen LogP contribution in [0, 0.1) is 6.92 Å². The highest BCUT2D eigenvalue weighted by Gasteiger charge is 2.02. The molecule has 0 saturated carbocycles. The Labute approximate surface area is 73.7 Å². The fourth-order valence-electron chi connectivity index (χ4n) is 0.767. The smallest absolute Gasteiger partial charge is 0.264 e. The Morgan fingerprint density at radius 1 is 1.25 bits per heavy atom. The average molecular weight is 195 g/mol. The minimum absolute atomic E-state index is 0.155. The number of ether oxygens (including phenoxy) is 1. The number of unbranched alkanes of at least 4 members (excludes halogenated alkanes) is 2. The molecule has 0 spiro atoms. The summed E-state index contributed by atoms with van der Waals surface area (Å²) in [5, 5.41) is 0. The molecule has 0 aliphatic rings. The second kappa shape index (κ2) is 6.39. The predicted molar refractivity (Wildman–Crippen MR) is 46.4 cm³/mol. The van der Waals surface area contributed by atoms with E-state index in [0.717, 1.165) is 12.8 Å². The molecule has 73 valence electrons.